The summed E-state index contributed by atoms with van der Waals surface area (Å²) >= 11 is 3.49. The fourth-order valence-corrected chi connectivity index (χ4v) is 12.8. The Hall–Kier alpha value is -6.57. The maximum absolute atomic E-state index is 4.99. The maximum Gasteiger partial charge on any atom is 0.381 e. The van der Waals surface area contributed by atoms with E-state index in [1.54, 1.807) is 29.0 Å². The van der Waals surface area contributed by atoms with Crippen molar-refractivity contribution in [2.24, 2.45) is 0 Å². The van der Waals surface area contributed by atoms with Gasteiger partial charge in [-0.15, -0.1) is 0 Å². The van der Waals surface area contributed by atoms with E-state index < -0.39 is 0 Å². The molecular weight excluding hydrogens is 826 g/mol. The molecule has 11 heterocycles. The molecule has 0 unspecified atom stereocenters. The topological polar surface area (TPSA) is 86.2 Å². The van der Waals surface area contributed by atoms with Gasteiger partial charge in [-0.3, -0.25) is 8.80 Å². The van der Waals surface area contributed by atoms with E-state index in [4.69, 9.17) is 9.97 Å². The van der Waals surface area contributed by atoms with Crippen LogP contribution in [0.2, 0.25) is 0 Å². The Balaban J connectivity index is 0.962. The summed E-state index contributed by atoms with van der Waals surface area (Å²) in [5.41, 5.74) is 13.1. The SMILES string of the molecule is CC(C)(C)c1ccc2c(sc3nc4ncccc4n32)c1C1=CB2N(C=C1)B1C=CC=CN1B1C=C(c3c(C(C)(C)C)ccc4c3sc3nc5ncncc5n34)C=CN1B1C=CC=CN12. The highest BCUT2D eigenvalue weighted by molar-refractivity contribution is 7.24. The number of fused-ring (bicyclic) bond motifs is 18. The molecule has 1 fully saturated rings. The number of nitrogens with zero attached hydrogens (tertiary/aromatic N) is 11. The predicted molar refractivity (Wildman–Crippen MR) is 268 cm³/mol. The van der Waals surface area contributed by atoms with Crippen molar-refractivity contribution in [3.8, 4) is 0 Å². The molecule has 0 radical (unpaired) electrons. The van der Waals surface area contributed by atoms with Crippen LogP contribution < -0.4 is 0 Å². The van der Waals surface area contributed by atoms with E-state index in [0.29, 0.717) is 5.65 Å². The highest BCUT2D eigenvalue weighted by Crippen LogP contribution is 2.45. The molecule has 0 amide bonds. The first-order valence-corrected chi connectivity index (χ1v) is 23.5. The molecule has 11 nitrogen and oxygen atoms in total. The summed E-state index contributed by atoms with van der Waals surface area (Å²) < 4.78 is 17.0. The second kappa shape index (κ2) is 13.5. The van der Waals surface area contributed by atoms with Crippen molar-refractivity contribution in [2.45, 2.75) is 52.4 Å². The van der Waals surface area contributed by atoms with Crippen molar-refractivity contribution in [3.05, 3.63) is 163 Å². The van der Waals surface area contributed by atoms with Crippen molar-refractivity contribution in [1.82, 2.24) is 52.6 Å². The Labute approximate surface area is 380 Å². The number of aromatic nitrogens is 7. The number of thiazole rings is 2. The average molecular weight is 867 g/mol. The van der Waals surface area contributed by atoms with Gasteiger partial charge in [0.05, 0.1) is 32.1 Å². The third-order valence-electron chi connectivity index (χ3n) is 13.3. The van der Waals surface area contributed by atoms with Gasteiger partial charge in [0.15, 0.2) is 21.2 Å². The first-order chi connectivity index (χ1) is 31.0. The van der Waals surface area contributed by atoms with Gasteiger partial charge in [-0.05, 0) is 106 Å². The maximum atomic E-state index is 4.99. The number of benzene rings is 2. The second-order valence-corrected chi connectivity index (χ2v) is 21.1. The van der Waals surface area contributed by atoms with Gasteiger partial charge >= 0.3 is 27.9 Å². The van der Waals surface area contributed by atoms with Crippen LogP contribution in [0, 0.1) is 0 Å². The molecule has 64 heavy (non-hydrogen) atoms. The van der Waals surface area contributed by atoms with Gasteiger partial charge in [0.25, 0.3) is 0 Å². The molecule has 6 aromatic heterocycles. The summed E-state index contributed by atoms with van der Waals surface area (Å²) in [7, 11) is 0. The monoisotopic (exact) mass is 867 g/mol. The minimum atomic E-state index is -0.108. The first kappa shape index (κ1) is 37.9. The average Bonchev–Trinajstić information content (AvgIpc) is 4.05. The molecule has 2 aromatic carbocycles. The number of rotatable bonds is 2. The third-order valence-corrected chi connectivity index (χ3v) is 15.4. The van der Waals surface area contributed by atoms with Gasteiger partial charge in [0, 0.05) is 17.3 Å². The minimum Gasteiger partial charge on any atom is -0.423 e. The van der Waals surface area contributed by atoms with Crippen molar-refractivity contribution < 1.29 is 0 Å². The number of hydrogen-bond donors (Lipinski definition) is 0. The van der Waals surface area contributed by atoms with E-state index in [-0.39, 0.29) is 38.8 Å². The fourth-order valence-electron chi connectivity index (χ4n) is 10.4. The third kappa shape index (κ3) is 5.46. The lowest BCUT2D eigenvalue weighted by atomic mass is 9.41. The summed E-state index contributed by atoms with van der Waals surface area (Å²) in [4.78, 5) is 25.2. The summed E-state index contributed by atoms with van der Waals surface area (Å²) in [6.07, 6.45) is 27.9. The molecule has 5 aliphatic heterocycles. The normalized spacial score (nSPS) is 17.4. The Bertz CT molecular complexity index is 3330. The van der Waals surface area contributed by atoms with Gasteiger partial charge in [0.2, 0.25) is 0 Å². The highest BCUT2D eigenvalue weighted by Gasteiger charge is 2.51. The largest absolute Gasteiger partial charge is 0.423 e. The van der Waals surface area contributed by atoms with Gasteiger partial charge in [-0.1, -0.05) is 112 Å². The summed E-state index contributed by atoms with van der Waals surface area (Å²) in [5, 5.41) is 0. The van der Waals surface area contributed by atoms with Gasteiger partial charge in [-0.25, -0.2) is 15.0 Å². The quantitative estimate of drug-likeness (QED) is 0.158. The molecule has 17 heteroatoms. The Morgan fingerprint density at radius 2 is 1.05 bits per heavy atom. The molecule has 1 saturated heterocycles. The van der Waals surface area contributed by atoms with Crippen LogP contribution in [0.25, 0.3) is 63.8 Å². The molecule has 0 saturated carbocycles. The molecule has 0 atom stereocenters. The van der Waals surface area contributed by atoms with Crippen molar-refractivity contribution in [1.29, 1.82) is 0 Å². The van der Waals surface area contributed by atoms with Crippen LogP contribution in [-0.4, -0.2) is 80.5 Å². The standard InChI is InChI=1S/C47H41B4N11S2/c1-46(2,3)32-13-15-34-40(63-44-55-42-36(61(34)44)12-11-21-53-42)38(32)30-17-24-59-49-20-8-10-23-58(49)51-27-31(18-25-60(51)48-19-7-9-22-57(48)50(59)26-30)39-33(47(4,5)6)14-16-35-41(39)64-45-56-43-37(62(35)45)28-52-29-54-43/h7-29H,1-6H3. The zero-order valence-electron chi connectivity index (χ0n) is 36.3. The minimum absolute atomic E-state index is 0.0724. The van der Waals surface area contributed by atoms with Crippen molar-refractivity contribution in [3.63, 3.8) is 0 Å². The zero-order valence-corrected chi connectivity index (χ0v) is 38.0. The highest BCUT2D eigenvalue weighted by atomic mass is 32.1. The van der Waals surface area contributed by atoms with E-state index in [1.165, 1.54) is 42.8 Å². The van der Waals surface area contributed by atoms with Crippen LogP contribution in [-0.2, 0) is 10.8 Å². The van der Waals surface area contributed by atoms with E-state index in [1.807, 2.05) is 18.5 Å². The van der Waals surface area contributed by atoms with Crippen LogP contribution >= 0.6 is 22.7 Å². The first-order valence-electron chi connectivity index (χ1n) is 21.9. The van der Waals surface area contributed by atoms with E-state index in [2.05, 4.69) is 200 Å². The number of pyridine rings is 1. The molecule has 5 aliphatic rings. The molecule has 0 aliphatic carbocycles. The summed E-state index contributed by atoms with van der Waals surface area (Å²) in [5.74, 6) is 9.63. The van der Waals surface area contributed by atoms with Crippen LogP contribution in [0.4, 0.5) is 0 Å². The molecule has 0 bridgehead atoms. The molecule has 0 spiro atoms. The fraction of sp³-hybridized carbons (Fsp3) is 0.170. The van der Waals surface area contributed by atoms with Crippen LogP contribution in [0.15, 0.2) is 140 Å². The molecule has 13 rings (SSSR count). The predicted octanol–water partition coefficient (Wildman–Crippen LogP) is 9.52. The van der Waals surface area contributed by atoms with Crippen molar-refractivity contribution >= 4 is 114 Å². The second-order valence-electron chi connectivity index (χ2n) is 19.2. The smallest absolute Gasteiger partial charge is 0.381 e. The van der Waals surface area contributed by atoms with Gasteiger partial charge in [0.1, 0.15) is 11.8 Å². The van der Waals surface area contributed by atoms with Crippen LogP contribution in [0.3, 0.4) is 0 Å². The lowest BCUT2D eigenvalue weighted by Gasteiger charge is -2.53. The molecule has 0 N–H and O–H groups in total. The van der Waals surface area contributed by atoms with Gasteiger partial charge in [-0.2, -0.15) is 9.97 Å². The van der Waals surface area contributed by atoms with Gasteiger partial charge < -0.3 is 18.9 Å². The zero-order chi connectivity index (χ0) is 43.2. The van der Waals surface area contributed by atoms with E-state index in [9.17, 15) is 0 Å². The number of imidazole rings is 2. The lowest BCUT2D eigenvalue weighted by molar-refractivity contribution is 0.589. The summed E-state index contributed by atoms with van der Waals surface area (Å²) in [6.45, 7) is 13.5. The Morgan fingerprint density at radius 1 is 0.531 bits per heavy atom. The van der Waals surface area contributed by atoms with Crippen LogP contribution in [0.1, 0.15) is 63.8 Å². The van der Waals surface area contributed by atoms with Crippen molar-refractivity contribution in [2.75, 3.05) is 0 Å². The molecular formula is C47H41B4N11S2. The van der Waals surface area contributed by atoms with E-state index in [0.717, 1.165) is 37.6 Å². The van der Waals surface area contributed by atoms with E-state index >= 15 is 0 Å². The van der Waals surface area contributed by atoms with Crippen LogP contribution in [0.5, 0.6) is 0 Å². The lowest BCUT2D eigenvalue weighted by Crippen LogP contribution is -2.73. The number of hydrogen-bond acceptors (Lipinski definition) is 11. The Kier molecular flexibility index (Phi) is 7.99. The Morgan fingerprint density at radius 3 is 1.59 bits per heavy atom. The number of allylic oxidation sites excluding steroid dienone is 8. The molecule has 308 valence electrons. The summed E-state index contributed by atoms with van der Waals surface area (Å²) in [6, 6.07) is 13.3. The molecule has 8 aromatic rings.